The third-order valence-corrected chi connectivity index (χ3v) is 5.39. The Hall–Kier alpha value is -2.77. The fourth-order valence-electron chi connectivity index (χ4n) is 2.46. The molecule has 3 aromatic rings. The van der Waals surface area contributed by atoms with Gasteiger partial charge in [0.15, 0.2) is 0 Å². The number of sulfonamides is 1. The molecule has 128 valence electrons. The van der Waals surface area contributed by atoms with Gasteiger partial charge in [-0.3, -0.25) is 4.79 Å². The summed E-state index contributed by atoms with van der Waals surface area (Å²) in [4.78, 5) is 16.9. The highest BCUT2D eigenvalue weighted by atomic mass is 32.2. The van der Waals surface area contributed by atoms with E-state index in [1.807, 2.05) is 30.3 Å². The maximum Gasteiger partial charge on any atom is 0.274 e. The van der Waals surface area contributed by atoms with Crippen molar-refractivity contribution in [2.75, 3.05) is 12.4 Å². The lowest BCUT2D eigenvalue weighted by Gasteiger charge is -2.10. The van der Waals surface area contributed by atoms with Crippen LogP contribution in [0.1, 0.15) is 16.1 Å². The lowest BCUT2D eigenvalue weighted by molar-refractivity contribution is 0.102. The topological polar surface area (TPSA) is 88.2 Å². The van der Waals surface area contributed by atoms with Gasteiger partial charge in [-0.15, -0.1) is 0 Å². The van der Waals surface area contributed by atoms with Crippen LogP contribution in [0.25, 0.3) is 10.9 Å². The molecule has 0 saturated carbocycles. The first-order valence-electron chi connectivity index (χ1n) is 7.62. The monoisotopic (exact) mass is 355 g/mol. The minimum absolute atomic E-state index is 0.124. The summed E-state index contributed by atoms with van der Waals surface area (Å²) in [6.45, 7) is 1.70. The average Bonchev–Trinajstić information content (AvgIpc) is 2.62. The molecule has 0 aliphatic rings. The van der Waals surface area contributed by atoms with Crippen LogP contribution in [0, 0.1) is 6.92 Å². The predicted molar refractivity (Wildman–Crippen MR) is 97.1 cm³/mol. The van der Waals surface area contributed by atoms with Crippen LogP contribution < -0.4 is 10.0 Å². The van der Waals surface area contributed by atoms with E-state index in [9.17, 15) is 13.2 Å². The molecule has 2 aromatic carbocycles. The maximum atomic E-state index is 12.4. The molecular weight excluding hydrogens is 338 g/mol. The summed E-state index contributed by atoms with van der Waals surface area (Å²) in [6, 6.07) is 15.7. The largest absolute Gasteiger partial charge is 0.321 e. The van der Waals surface area contributed by atoms with E-state index in [1.165, 1.54) is 13.1 Å². The summed E-state index contributed by atoms with van der Waals surface area (Å²) in [5.74, 6) is -0.401. The zero-order chi connectivity index (χ0) is 18.0. The third kappa shape index (κ3) is 3.52. The molecule has 7 heteroatoms. The first-order valence-corrected chi connectivity index (χ1v) is 9.10. The molecule has 6 nitrogen and oxygen atoms in total. The zero-order valence-electron chi connectivity index (χ0n) is 13.8. The van der Waals surface area contributed by atoms with Gasteiger partial charge in [0.2, 0.25) is 10.0 Å². The number of carbonyl (C=O) groups excluding carboxylic acids is 1. The second kappa shape index (κ2) is 6.62. The van der Waals surface area contributed by atoms with Crippen molar-refractivity contribution >= 4 is 32.5 Å². The number of aromatic nitrogens is 1. The summed E-state index contributed by atoms with van der Waals surface area (Å²) in [6.07, 6.45) is 0. The Balaban J connectivity index is 1.91. The van der Waals surface area contributed by atoms with Crippen LogP contribution in [-0.2, 0) is 10.0 Å². The molecule has 0 spiro atoms. The molecule has 3 rings (SSSR count). The molecule has 0 unspecified atom stereocenters. The Morgan fingerprint density at radius 3 is 2.56 bits per heavy atom. The van der Waals surface area contributed by atoms with Crippen molar-refractivity contribution in [3.8, 4) is 0 Å². The lowest BCUT2D eigenvalue weighted by Crippen LogP contribution is -2.20. The van der Waals surface area contributed by atoms with Crippen LogP contribution in [0.3, 0.4) is 0 Å². The number of fused-ring (bicyclic) bond motifs is 1. The fourth-order valence-corrected chi connectivity index (χ4v) is 3.46. The van der Waals surface area contributed by atoms with Gasteiger partial charge in [0.25, 0.3) is 5.91 Å². The number of anilines is 1. The van der Waals surface area contributed by atoms with Crippen LogP contribution >= 0.6 is 0 Å². The van der Waals surface area contributed by atoms with E-state index >= 15 is 0 Å². The van der Waals surface area contributed by atoms with E-state index in [0.29, 0.717) is 11.3 Å². The number of pyridine rings is 1. The minimum Gasteiger partial charge on any atom is -0.321 e. The molecule has 2 N–H and O–H groups in total. The van der Waals surface area contributed by atoms with Crippen molar-refractivity contribution in [1.82, 2.24) is 9.71 Å². The Labute approximate surface area is 146 Å². The number of rotatable bonds is 4. The smallest absolute Gasteiger partial charge is 0.274 e. The number of nitrogens with zero attached hydrogens (tertiary/aromatic N) is 1. The maximum absolute atomic E-state index is 12.4. The summed E-state index contributed by atoms with van der Waals surface area (Å²) in [5.41, 5.74) is 1.96. The number of benzene rings is 2. The molecule has 0 saturated heterocycles. The Morgan fingerprint density at radius 1 is 1.04 bits per heavy atom. The van der Waals surface area contributed by atoms with Gasteiger partial charge in [-0.25, -0.2) is 18.1 Å². The molecular formula is C18H17N3O3S. The molecule has 0 radical (unpaired) electrons. The Morgan fingerprint density at radius 2 is 1.80 bits per heavy atom. The normalized spacial score (nSPS) is 11.4. The van der Waals surface area contributed by atoms with Crippen LogP contribution in [0.15, 0.2) is 59.5 Å². The van der Waals surface area contributed by atoms with Crippen LogP contribution in [0.4, 0.5) is 5.69 Å². The average molecular weight is 355 g/mol. The van der Waals surface area contributed by atoms with Gasteiger partial charge >= 0.3 is 0 Å². The molecule has 1 aromatic heterocycles. The highest BCUT2D eigenvalue weighted by molar-refractivity contribution is 7.89. The van der Waals surface area contributed by atoms with Crippen molar-refractivity contribution in [1.29, 1.82) is 0 Å². The molecule has 0 bridgehead atoms. The lowest BCUT2D eigenvalue weighted by atomic mass is 10.2. The summed E-state index contributed by atoms with van der Waals surface area (Å²) in [5, 5.41) is 3.63. The highest BCUT2D eigenvalue weighted by Gasteiger charge is 2.16. The van der Waals surface area contributed by atoms with Gasteiger partial charge in [-0.05, 0) is 43.8 Å². The quantitative estimate of drug-likeness (QED) is 0.753. The van der Waals surface area contributed by atoms with Gasteiger partial charge in [-0.1, -0.05) is 30.3 Å². The molecule has 0 atom stereocenters. The van der Waals surface area contributed by atoms with E-state index in [0.717, 1.165) is 10.9 Å². The molecule has 0 aliphatic heterocycles. The SMILES string of the molecule is CNS(=O)(=O)c1cc(NC(=O)c2ccc3ccccc3n2)ccc1C. The first-order chi connectivity index (χ1) is 11.9. The van der Waals surface area contributed by atoms with Crippen molar-refractivity contribution < 1.29 is 13.2 Å². The van der Waals surface area contributed by atoms with Crippen LogP contribution in [0.5, 0.6) is 0 Å². The standard InChI is InChI=1S/C18H17N3O3S/c1-12-7-9-14(11-17(12)25(23,24)19-2)20-18(22)16-10-8-13-5-3-4-6-15(13)21-16/h3-11,19H,1-2H3,(H,20,22). The highest BCUT2D eigenvalue weighted by Crippen LogP contribution is 2.20. The first kappa shape index (κ1) is 17.1. The second-order valence-electron chi connectivity index (χ2n) is 5.53. The molecule has 0 fully saturated rings. The predicted octanol–water partition coefficient (Wildman–Crippen LogP) is 2.70. The number of hydrogen-bond donors (Lipinski definition) is 2. The number of nitrogens with one attached hydrogen (secondary N) is 2. The van der Waals surface area contributed by atoms with E-state index in [-0.39, 0.29) is 10.6 Å². The number of amides is 1. The fraction of sp³-hybridized carbons (Fsp3) is 0.111. The van der Waals surface area contributed by atoms with Gasteiger partial charge in [-0.2, -0.15) is 0 Å². The molecule has 25 heavy (non-hydrogen) atoms. The third-order valence-electron chi connectivity index (χ3n) is 3.84. The number of aryl methyl sites for hydroxylation is 1. The van der Waals surface area contributed by atoms with E-state index in [1.54, 1.807) is 25.1 Å². The van der Waals surface area contributed by atoms with Crippen molar-refractivity contribution in [3.63, 3.8) is 0 Å². The van der Waals surface area contributed by atoms with Gasteiger partial charge in [0, 0.05) is 11.1 Å². The summed E-state index contributed by atoms with van der Waals surface area (Å²) >= 11 is 0. The van der Waals surface area contributed by atoms with E-state index in [2.05, 4.69) is 15.0 Å². The molecule has 1 amide bonds. The van der Waals surface area contributed by atoms with Gasteiger partial charge < -0.3 is 5.32 Å². The van der Waals surface area contributed by atoms with Crippen molar-refractivity contribution in [2.45, 2.75) is 11.8 Å². The van der Waals surface area contributed by atoms with Crippen LogP contribution in [0.2, 0.25) is 0 Å². The number of para-hydroxylation sites is 1. The van der Waals surface area contributed by atoms with Gasteiger partial charge in [0.1, 0.15) is 5.69 Å². The second-order valence-corrected chi connectivity index (χ2v) is 7.39. The number of hydrogen-bond acceptors (Lipinski definition) is 4. The van der Waals surface area contributed by atoms with Crippen LogP contribution in [-0.4, -0.2) is 26.4 Å². The Bertz CT molecular complexity index is 1060. The van der Waals surface area contributed by atoms with Crippen molar-refractivity contribution in [3.05, 3.63) is 65.9 Å². The van der Waals surface area contributed by atoms with Crippen molar-refractivity contribution in [2.24, 2.45) is 0 Å². The minimum atomic E-state index is -3.60. The zero-order valence-corrected chi connectivity index (χ0v) is 14.6. The molecule has 0 aliphatic carbocycles. The van der Waals surface area contributed by atoms with Gasteiger partial charge in [0.05, 0.1) is 10.4 Å². The summed E-state index contributed by atoms with van der Waals surface area (Å²) < 4.78 is 26.4. The summed E-state index contributed by atoms with van der Waals surface area (Å²) in [7, 11) is -2.25. The number of carbonyl (C=O) groups is 1. The van der Waals surface area contributed by atoms with E-state index < -0.39 is 15.9 Å². The van der Waals surface area contributed by atoms with E-state index in [4.69, 9.17) is 0 Å². The Kier molecular flexibility index (Phi) is 4.52. The molecule has 1 heterocycles.